The number of urea groups is 1. The zero-order chi connectivity index (χ0) is 13.5. The van der Waals surface area contributed by atoms with Crippen LogP contribution in [0.2, 0.25) is 0 Å². The third-order valence-corrected chi connectivity index (χ3v) is 3.71. The van der Waals surface area contributed by atoms with Gasteiger partial charge in [0.25, 0.3) is 0 Å². The third kappa shape index (κ3) is 5.10. The van der Waals surface area contributed by atoms with Crippen molar-refractivity contribution in [2.24, 2.45) is 0 Å². The highest BCUT2D eigenvalue weighted by molar-refractivity contribution is 9.10. The molecule has 18 heavy (non-hydrogen) atoms. The highest BCUT2D eigenvalue weighted by Crippen LogP contribution is 2.24. The quantitative estimate of drug-likeness (QED) is 0.834. The zero-order valence-corrected chi connectivity index (χ0v) is 12.6. The number of amides is 3. The fourth-order valence-corrected chi connectivity index (χ4v) is 2.32. The largest absolute Gasteiger partial charge is 0.338 e. The molecule has 4 nitrogen and oxygen atoms in total. The fourth-order valence-electron chi connectivity index (χ4n) is 1.19. The van der Waals surface area contributed by atoms with Crippen molar-refractivity contribution in [1.82, 2.24) is 10.6 Å². The van der Waals surface area contributed by atoms with Crippen molar-refractivity contribution in [3.63, 3.8) is 0 Å². The van der Waals surface area contributed by atoms with E-state index >= 15 is 0 Å². The maximum absolute atomic E-state index is 11.7. The molecule has 1 unspecified atom stereocenters. The van der Waals surface area contributed by atoms with Gasteiger partial charge in [0.1, 0.15) is 0 Å². The number of rotatable bonds is 4. The monoisotopic (exact) mass is 330 g/mol. The summed E-state index contributed by atoms with van der Waals surface area (Å²) in [4.78, 5) is 23.9. The highest BCUT2D eigenvalue weighted by atomic mass is 79.9. The smallest absolute Gasteiger partial charge is 0.321 e. The fraction of sp³-hybridized carbons (Fsp3) is 0.333. The number of carbonyl (C=O) groups excluding carboxylic acids is 2. The van der Waals surface area contributed by atoms with Gasteiger partial charge in [0.05, 0.1) is 5.25 Å². The molecule has 1 rings (SSSR count). The van der Waals surface area contributed by atoms with Gasteiger partial charge in [0.2, 0.25) is 5.91 Å². The van der Waals surface area contributed by atoms with Crippen molar-refractivity contribution in [1.29, 1.82) is 0 Å². The predicted molar refractivity (Wildman–Crippen MR) is 76.7 cm³/mol. The van der Waals surface area contributed by atoms with Gasteiger partial charge in [-0.15, -0.1) is 11.8 Å². The molecule has 1 aromatic rings. The summed E-state index contributed by atoms with van der Waals surface area (Å²) in [6.07, 6.45) is 0. The molecule has 0 aromatic heterocycles. The first kappa shape index (κ1) is 15.0. The number of nitrogens with one attached hydrogen (secondary N) is 2. The van der Waals surface area contributed by atoms with Crippen molar-refractivity contribution in [2.75, 3.05) is 6.54 Å². The first-order chi connectivity index (χ1) is 8.52. The Balaban J connectivity index is 2.49. The van der Waals surface area contributed by atoms with E-state index < -0.39 is 6.03 Å². The second kappa shape index (κ2) is 7.43. The normalized spacial score (nSPS) is 11.7. The van der Waals surface area contributed by atoms with E-state index in [1.54, 1.807) is 13.8 Å². The lowest BCUT2D eigenvalue weighted by atomic mass is 10.4. The molecule has 1 atom stereocenters. The molecule has 0 aliphatic rings. The minimum absolute atomic E-state index is 0.297. The molecule has 0 heterocycles. The van der Waals surface area contributed by atoms with Crippen LogP contribution in [0.4, 0.5) is 4.79 Å². The van der Waals surface area contributed by atoms with Crippen molar-refractivity contribution in [3.05, 3.63) is 28.7 Å². The summed E-state index contributed by atoms with van der Waals surface area (Å²) < 4.78 is 0.992. The van der Waals surface area contributed by atoms with Gasteiger partial charge in [-0.05, 0) is 38.1 Å². The third-order valence-electron chi connectivity index (χ3n) is 2.07. The summed E-state index contributed by atoms with van der Waals surface area (Å²) in [7, 11) is 0. The maximum Gasteiger partial charge on any atom is 0.321 e. The lowest BCUT2D eigenvalue weighted by Crippen LogP contribution is -2.42. The molecule has 0 aliphatic heterocycles. The van der Waals surface area contributed by atoms with Crippen LogP contribution in [0.1, 0.15) is 13.8 Å². The van der Waals surface area contributed by atoms with Crippen molar-refractivity contribution < 1.29 is 9.59 Å². The molecule has 0 bridgehead atoms. The van der Waals surface area contributed by atoms with E-state index in [4.69, 9.17) is 0 Å². The van der Waals surface area contributed by atoms with Gasteiger partial charge >= 0.3 is 6.03 Å². The Labute approximate surface area is 119 Å². The number of thioether (sulfide) groups is 1. The summed E-state index contributed by atoms with van der Waals surface area (Å²) in [5, 5.41) is 4.48. The molecule has 0 spiro atoms. The number of halogens is 1. The van der Waals surface area contributed by atoms with Gasteiger partial charge in [-0.3, -0.25) is 10.1 Å². The minimum atomic E-state index is -0.453. The number of hydrogen-bond acceptors (Lipinski definition) is 3. The average molecular weight is 331 g/mol. The van der Waals surface area contributed by atoms with E-state index in [9.17, 15) is 9.59 Å². The molecule has 0 fully saturated rings. The molecule has 6 heteroatoms. The average Bonchev–Trinajstić information content (AvgIpc) is 2.32. The van der Waals surface area contributed by atoms with E-state index in [1.165, 1.54) is 11.8 Å². The van der Waals surface area contributed by atoms with Gasteiger partial charge in [-0.1, -0.05) is 15.9 Å². The Hall–Kier alpha value is -1.01. The molecular weight excluding hydrogens is 316 g/mol. The van der Waals surface area contributed by atoms with Gasteiger partial charge < -0.3 is 5.32 Å². The molecule has 1 aromatic carbocycles. The Morgan fingerprint density at radius 3 is 2.50 bits per heavy atom. The second-order valence-electron chi connectivity index (χ2n) is 3.56. The zero-order valence-electron chi connectivity index (χ0n) is 10.2. The molecule has 98 valence electrons. The lowest BCUT2D eigenvalue weighted by molar-refractivity contribution is -0.119. The van der Waals surface area contributed by atoms with Crippen LogP contribution in [-0.4, -0.2) is 23.7 Å². The Bertz CT molecular complexity index is 423. The maximum atomic E-state index is 11.7. The Kier molecular flexibility index (Phi) is 6.21. The summed E-state index contributed by atoms with van der Waals surface area (Å²) in [5.41, 5.74) is 0. The predicted octanol–water partition coefficient (Wildman–Crippen LogP) is 2.78. The van der Waals surface area contributed by atoms with Gasteiger partial charge in [-0.2, -0.15) is 0 Å². The summed E-state index contributed by atoms with van der Waals surface area (Å²) >= 11 is 4.76. The Morgan fingerprint density at radius 2 is 1.94 bits per heavy atom. The summed E-state index contributed by atoms with van der Waals surface area (Å²) in [6.45, 7) is 4.05. The minimum Gasteiger partial charge on any atom is -0.338 e. The van der Waals surface area contributed by atoms with E-state index in [0.29, 0.717) is 6.54 Å². The van der Waals surface area contributed by atoms with Crippen LogP contribution >= 0.6 is 27.7 Å². The van der Waals surface area contributed by atoms with Crippen LogP contribution in [0.3, 0.4) is 0 Å². The van der Waals surface area contributed by atoms with Gasteiger partial charge in [-0.25, -0.2) is 4.79 Å². The first-order valence-corrected chi connectivity index (χ1v) is 7.21. The van der Waals surface area contributed by atoms with Gasteiger partial charge in [0.15, 0.2) is 0 Å². The van der Waals surface area contributed by atoms with Crippen molar-refractivity contribution in [3.8, 4) is 0 Å². The SMILES string of the molecule is CCNC(=O)NC(=O)C(C)Sc1ccc(Br)cc1. The summed E-state index contributed by atoms with van der Waals surface area (Å²) in [5.74, 6) is -0.297. The first-order valence-electron chi connectivity index (χ1n) is 5.54. The van der Waals surface area contributed by atoms with Crippen molar-refractivity contribution >= 4 is 39.6 Å². The number of benzene rings is 1. The van der Waals surface area contributed by atoms with E-state index in [2.05, 4.69) is 26.6 Å². The Morgan fingerprint density at radius 1 is 1.33 bits per heavy atom. The number of imide groups is 1. The van der Waals surface area contributed by atoms with Crippen LogP contribution in [0.5, 0.6) is 0 Å². The number of carbonyl (C=O) groups is 2. The van der Waals surface area contributed by atoms with E-state index in [0.717, 1.165) is 9.37 Å². The standard InChI is InChI=1S/C12H15BrN2O2S/c1-3-14-12(17)15-11(16)8(2)18-10-6-4-9(13)5-7-10/h4-8H,3H2,1-2H3,(H2,14,15,16,17). The second-order valence-corrected chi connectivity index (χ2v) is 5.89. The molecule has 3 amide bonds. The van der Waals surface area contributed by atoms with Crippen molar-refractivity contribution in [2.45, 2.75) is 24.0 Å². The molecule has 2 N–H and O–H groups in total. The van der Waals surface area contributed by atoms with Crippen LogP contribution < -0.4 is 10.6 Å². The highest BCUT2D eigenvalue weighted by Gasteiger charge is 2.16. The molecule has 0 saturated heterocycles. The number of hydrogen-bond donors (Lipinski definition) is 2. The summed E-state index contributed by atoms with van der Waals surface area (Å²) in [6, 6.07) is 7.22. The lowest BCUT2D eigenvalue weighted by Gasteiger charge is -2.11. The van der Waals surface area contributed by atoms with Crippen LogP contribution in [0, 0.1) is 0 Å². The van der Waals surface area contributed by atoms with Crippen LogP contribution in [0.25, 0.3) is 0 Å². The molecule has 0 radical (unpaired) electrons. The van der Waals surface area contributed by atoms with Gasteiger partial charge in [0, 0.05) is 15.9 Å². The topological polar surface area (TPSA) is 58.2 Å². The molecule has 0 saturated carbocycles. The molecule has 0 aliphatic carbocycles. The van der Waals surface area contributed by atoms with E-state index in [-0.39, 0.29) is 11.2 Å². The molecular formula is C12H15BrN2O2S. The van der Waals surface area contributed by atoms with E-state index in [1.807, 2.05) is 24.3 Å². The van der Waals surface area contributed by atoms with Crippen LogP contribution in [-0.2, 0) is 4.79 Å². The van der Waals surface area contributed by atoms with Crippen LogP contribution in [0.15, 0.2) is 33.6 Å².